The van der Waals surface area contributed by atoms with Gasteiger partial charge in [-0.2, -0.15) is 5.10 Å². The van der Waals surface area contributed by atoms with E-state index in [1.807, 2.05) is 24.3 Å². The summed E-state index contributed by atoms with van der Waals surface area (Å²) in [5.41, 5.74) is 7.40. The number of anilines is 1. The second kappa shape index (κ2) is 3.11. The predicted octanol–water partition coefficient (Wildman–Crippen LogP) is 2.31. The molecule has 3 N–H and O–H groups in total. The summed E-state index contributed by atoms with van der Waals surface area (Å²) in [5, 5.41) is 7.17. The zero-order chi connectivity index (χ0) is 9.26. The third kappa shape index (κ3) is 1.38. The molecule has 2 aromatic rings. The van der Waals surface area contributed by atoms with Crippen LogP contribution in [0.2, 0.25) is 5.02 Å². The van der Waals surface area contributed by atoms with Crippen molar-refractivity contribution in [2.75, 3.05) is 5.73 Å². The Hall–Kier alpha value is -1.48. The minimum atomic E-state index is 0.535. The molecule has 0 spiro atoms. The van der Waals surface area contributed by atoms with Gasteiger partial charge in [-0.1, -0.05) is 29.8 Å². The van der Waals surface area contributed by atoms with Crippen molar-refractivity contribution in [3.63, 3.8) is 0 Å². The van der Waals surface area contributed by atoms with E-state index in [1.54, 1.807) is 6.20 Å². The summed E-state index contributed by atoms with van der Waals surface area (Å²) >= 11 is 5.99. The summed E-state index contributed by atoms with van der Waals surface area (Å²) in [5.74, 6) is 0.535. The summed E-state index contributed by atoms with van der Waals surface area (Å²) in [6, 6.07) is 7.52. The van der Waals surface area contributed by atoms with Gasteiger partial charge < -0.3 is 5.73 Å². The van der Waals surface area contributed by atoms with E-state index in [1.165, 1.54) is 0 Å². The largest absolute Gasteiger partial charge is 0.384 e. The Morgan fingerprint density at radius 2 is 2.00 bits per heavy atom. The maximum Gasteiger partial charge on any atom is 0.126 e. The predicted molar refractivity (Wildman–Crippen MR) is 53.4 cm³/mol. The van der Waals surface area contributed by atoms with E-state index in [4.69, 9.17) is 17.3 Å². The van der Waals surface area contributed by atoms with Crippen molar-refractivity contribution < 1.29 is 0 Å². The minimum Gasteiger partial charge on any atom is -0.384 e. The molecular weight excluding hydrogens is 186 g/mol. The standard InChI is InChI=1S/C9H8ClN3/c10-8-4-2-1-3-6(8)7-5-12-13-9(7)11/h1-5H,(H3,11,12,13). The quantitative estimate of drug-likeness (QED) is 0.730. The van der Waals surface area contributed by atoms with Crippen molar-refractivity contribution in [1.82, 2.24) is 10.2 Å². The first-order valence-corrected chi connectivity index (χ1v) is 4.20. The number of nitrogens with two attached hydrogens (primary N) is 1. The van der Waals surface area contributed by atoms with Gasteiger partial charge in [-0.25, -0.2) is 0 Å². The van der Waals surface area contributed by atoms with Crippen molar-refractivity contribution in [1.29, 1.82) is 0 Å². The van der Waals surface area contributed by atoms with Crippen LogP contribution < -0.4 is 5.73 Å². The molecule has 0 aliphatic carbocycles. The van der Waals surface area contributed by atoms with Gasteiger partial charge >= 0.3 is 0 Å². The molecule has 4 heteroatoms. The number of hydrogen-bond acceptors (Lipinski definition) is 2. The van der Waals surface area contributed by atoms with Gasteiger partial charge in [0.25, 0.3) is 0 Å². The topological polar surface area (TPSA) is 54.7 Å². The van der Waals surface area contributed by atoms with Crippen LogP contribution in [0.1, 0.15) is 0 Å². The average Bonchev–Trinajstić information content (AvgIpc) is 2.52. The Bertz CT molecular complexity index is 422. The van der Waals surface area contributed by atoms with Crippen LogP contribution in [-0.2, 0) is 0 Å². The molecule has 0 aliphatic rings. The number of halogens is 1. The van der Waals surface area contributed by atoms with Gasteiger partial charge in [-0.05, 0) is 6.07 Å². The summed E-state index contributed by atoms with van der Waals surface area (Å²) < 4.78 is 0. The third-order valence-electron chi connectivity index (χ3n) is 1.83. The molecule has 3 nitrogen and oxygen atoms in total. The molecule has 0 aliphatic heterocycles. The number of nitrogen functional groups attached to an aromatic ring is 1. The van der Waals surface area contributed by atoms with Crippen molar-refractivity contribution >= 4 is 17.4 Å². The van der Waals surface area contributed by atoms with Gasteiger partial charge in [-0.15, -0.1) is 0 Å². The molecule has 0 atom stereocenters. The summed E-state index contributed by atoms with van der Waals surface area (Å²) in [7, 11) is 0. The monoisotopic (exact) mass is 193 g/mol. The van der Waals surface area contributed by atoms with Gasteiger partial charge in [0.05, 0.1) is 6.20 Å². The van der Waals surface area contributed by atoms with Crippen molar-refractivity contribution in [3.05, 3.63) is 35.5 Å². The summed E-state index contributed by atoms with van der Waals surface area (Å²) in [6.45, 7) is 0. The van der Waals surface area contributed by atoms with Gasteiger partial charge in [0.15, 0.2) is 0 Å². The van der Waals surface area contributed by atoms with Gasteiger partial charge in [0.1, 0.15) is 5.82 Å². The minimum absolute atomic E-state index is 0.535. The Labute approximate surface area is 80.5 Å². The molecule has 0 fully saturated rings. The van der Waals surface area contributed by atoms with Gasteiger partial charge in [0, 0.05) is 16.1 Å². The van der Waals surface area contributed by atoms with Crippen LogP contribution in [0.5, 0.6) is 0 Å². The number of benzene rings is 1. The summed E-state index contributed by atoms with van der Waals surface area (Å²) in [6.07, 6.45) is 1.66. The second-order valence-electron chi connectivity index (χ2n) is 2.68. The van der Waals surface area contributed by atoms with Crippen molar-refractivity contribution in [2.45, 2.75) is 0 Å². The van der Waals surface area contributed by atoms with E-state index in [9.17, 15) is 0 Å². The molecule has 0 saturated heterocycles. The highest BCUT2D eigenvalue weighted by Crippen LogP contribution is 2.29. The van der Waals surface area contributed by atoms with E-state index in [-0.39, 0.29) is 0 Å². The highest BCUT2D eigenvalue weighted by molar-refractivity contribution is 6.33. The molecule has 1 aromatic heterocycles. The zero-order valence-electron chi connectivity index (χ0n) is 6.79. The Kier molecular flexibility index (Phi) is 1.94. The maximum absolute atomic E-state index is 5.99. The number of aromatic amines is 1. The first-order valence-electron chi connectivity index (χ1n) is 3.83. The lowest BCUT2D eigenvalue weighted by Crippen LogP contribution is -1.87. The number of rotatable bonds is 1. The van der Waals surface area contributed by atoms with Crippen LogP contribution in [0.3, 0.4) is 0 Å². The number of H-pyrrole nitrogens is 1. The second-order valence-corrected chi connectivity index (χ2v) is 3.08. The van der Waals surface area contributed by atoms with Crippen molar-refractivity contribution in [2.24, 2.45) is 0 Å². The van der Waals surface area contributed by atoms with Crippen LogP contribution in [0, 0.1) is 0 Å². The van der Waals surface area contributed by atoms with E-state index in [0.29, 0.717) is 10.8 Å². The normalized spacial score (nSPS) is 10.2. The van der Waals surface area contributed by atoms with Gasteiger partial charge in [-0.3, -0.25) is 5.10 Å². The van der Waals surface area contributed by atoms with Crippen LogP contribution in [0.4, 0.5) is 5.82 Å². The zero-order valence-corrected chi connectivity index (χ0v) is 7.55. The van der Waals surface area contributed by atoms with Crippen LogP contribution in [0.25, 0.3) is 11.1 Å². The van der Waals surface area contributed by atoms with Crippen molar-refractivity contribution in [3.8, 4) is 11.1 Å². The van der Waals surface area contributed by atoms with Gasteiger partial charge in [0.2, 0.25) is 0 Å². The Morgan fingerprint density at radius 3 is 2.62 bits per heavy atom. The number of aromatic nitrogens is 2. The molecule has 0 amide bonds. The average molecular weight is 194 g/mol. The molecule has 2 rings (SSSR count). The third-order valence-corrected chi connectivity index (χ3v) is 2.16. The lowest BCUT2D eigenvalue weighted by molar-refractivity contribution is 1.10. The Morgan fingerprint density at radius 1 is 1.23 bits per heavy atom. The summed E-state index contributed by atoms with van der Waals surface area (Å²) in [4.78, 5) is 0. The molecule has 0 unspecified atom stereocenters. The van der Waals surface area contributed by atoms with Crippen LogP contribution in [-0.4, -0.2) is 10.2 Å². The molecule has 66 valence electrons. The Balaban J connectivity index is 2.59. The molecule has 13 heavy (non-hydrogen) atoms. The molecule has 1 heterocycles. The number of nitrogens with one attached hydrogen (secondary N) is 1. The first kappa shape index (κ1) is 8.13. The fourth-order valence-electron chi connectivity index (χ4n) is 1.19. The maximum atomic E-state index is 5.99. The first-order chi connectivity index (χ1) is 6.29. The van der Waals surface area contributed by atoms with E-state index >= 15 is 0 Å². The highest BCUT2D eigenvalue weighted by Gasteiger charge is 2.06. The van der Waals surface area contributed by atoms with E-state index in [2.05, 4.69) is 10.2 Å². The smallest absolute Gasteiger partial charge is 0.126 e. The molecular formula is C9H8ClN3. The van der Waals surface area contributed by atoms with Crippen LogP contribution >= 0.6 is 11.6 Å². The highest BCUT2D eigenvalue weighted by atomic mass is 35.5. The van der Waals surface area contributed by atoms with Crippen LogP contribution in [0.15, 0.2) is 30.5 Å². The van der Waals surface area contributed by atoms with E-state index < -0.39 is 0 Å². The lowest BCUT2D eigenvalue weighted by atomic mass is 10.1. The number of nitrogens with zero attached hydrogens (tertiary/aromatic N) is 1. The number of hydrogen-bond donors (Lipinski definition) is 2. The molecule has 0 radical (unpaired) electrons. The fourth-order valence-corrected chi connectivity index (χ4v) is 1.43. The molecule has 0 saturated carbocycles. The molecule has 0 bridgehead atoms. The SMILES string of the molecule is Nc1[nH]ncc1-c1ccccc1Cl. The van der Waals surface area contributed by atoms with E-state index in [0.717, 1.165) is 11.1 Å². The lowest BCUT2D eigenvalue weighted by Gasteiger charge is -2.00. The fraction of sp³-hybridized carbons (Fsp3) is 0. The molecule has 1 aromatic carbocycles.